The third kappa shape index (κ3) is 2.59. The average Bonchev–Trinajstić information content (AvgIpc) is 2.62. The van der Waals surface area contributed by atoms with Crippen LogP contribution in [-0.4, -0.2) is 30.2 Å². The monoisotopic (exact) mass is 340 g/mol. The number of rotatable bonds is 3. The van der Waals surface area contributed by atoms with Crippen LogP contribution in [0.5, 0.6) is 0 Å². The van der Waals surface area contributed by atoms with E-state index in [0.29, 0.717) is 6.54 Å². The Morgan fingerprint density at radius 3 is 2.42 bits per heavy atom. The highest BCUT2D eigenvalue weighted by atomic mass is 32.2. The summed E-state index contributed by atoms with van der Waals surface area (Å²) in [5.74, 6) is -0.377. The molecule has 0 fully saturated rings. The first-order valence-corrected chi connectivity index (χ1v) is 8.74. The molecule has 0 spiro atoms. The lowest BCUT2D eigenvalue weighted by atomic mass is 10.1. The number of hydrogen-bond acceptors (Lipinski definition) is 3. The van der Waals surface area contributed by atoms with Crippen LogP contribution in [-0.2, 0) is 9.59 Å². The molecule has 0 N–H and O–H groups in total. The maximum atomic E-state index is 13.2. The van der Waals surface area contributed by atoms with Crippen LogP contribution < -0.4 is 9.80 Å². The minimum Gasteiger partial charge on any atom is -0.314 e. The summed E-state index contributed by atoms with van der Waals surface area (Å²) < 4.78 is -1.17. The molecule has 0 saturated carbocycles. The topological polar surface area (TPSA) is 40.6 Å². The van der Waals surface area contributed by atoms with Gasteiger partial charge >= 0.3 is 0 Å². The van der Waals surface area contributed by atoms with Gasteiger partial charge in [-0.2, -0.15) is 0 Å². The molecule has 1 heterocycles. The van der Waals surface area contributed by atoms with Crippen LogP contribution in [0.3, 0.4) is 0 Å². The summed E-state index contributed by atoms with van der Waals surface area (Å²) in [5.41, 5.74) is 1.65. The third-order valence-electron chi connectivity index (χ3n) is 4.30. The number of nitrogens with zero attached hydrogens (tertiary/aromatic N) is 2. The summed E-state index contributed by atoms with van der Waals surface area (Å²) in [6.45, 7) is 4.19. The SMILES string of the molecule is CCN1C(=O)C(C)(C(=O)N(C)c2ccccc2)Sc2ccccc21. The highest BCUT2D eigenvalue weighted by Gasteiger charge is 2.50. The standard InChI is InChI=1S/C19H20N2O2S/c1-4-21-15-12-8-9-13-16(15)24-19(2,18(21)23)17(22)20(3)14-10-6-5-7-11-14/h5-13H,4H2,1-3H3. The van der Waals surface area contributed by atoms with Crippen molar-refractivity contribution >= 4 is 35.0 Å². The average molecular weight is 340 g/mol. The van der Waals surface area contributed by atoms with Gasteiger partial charge < -0.3 is 9.80 Å². The quantitative estimate of drug-likeness (QED) is 0.802. The Morgan fingerprint density at radius 2 is 1.75 bits per heavy atom. The molecular formula is C19H20N2O2S. The number of carbonyl (C=O) groups is 2. The minimum atomic E-state index is -1.17. The minimum absolute atomic E-state index is 0.165. The molecule has 1 unspecified atom stereocenters. The summed E-state index contributed by atoms with van der Waals surface area (Å²) in [7, 11) is 1.72. The molecule has 0 saturated heterocycles. The molecule has 2 aromatic carbocycles. The second kappa shape index (κ2) is 6.32. The number of thioether (sulfide) groups is 1. The van der Waals surface area contributed by atoms with Gasteiger partial charge in [-0.1, -0.05) is 42.1 Å². The lowest BCUT2D eigenvalue weighted by Gasteiger charge is -2.40. The molecule has 124 valence electrons. The smallest absolute Gasteiger partial charge is 0.252 e. The van der Waals surface area contributed by atoms with Crippen molar-refractivity contribution in [1.82, 2.24) is 0 Å². The van der Waals surface area contributed by atoms with E-state index in [1.165, 1.54) is 11.8 Å². The predicted molar refractivity (Wildman–Crippen MR) is 98.6 cm³/mol. The first-order chi connectivity index (χ1) is 11.5. The number of carbonyl (C=O) groups excluding carboxylic acids is 2. The van der Waals surface area contributed by atoms with E-state index in [9.17, 15) is 9.59 Å². The zero-order chi connectivity index (χ0) is 17.3. The van der Waals surface area contributed by atoms with Gasteiger partial charge in [0.15, 0.2) is 4.75 Å². The summed E-state index contributed by atoms with van der Waals surface area (Å²) in [5, 5.41) is 0. The fourth-order valence-electron chi connectivity index (χ4n) is 2.93. The first kappa shape index (κ1) is 16.6. The van der Waals surface area contributed by atoms with Gasteiger partial charge in [0.2, 0.25) is 0 Å². The van der Waals surface area contributed by atoms with Crippen molar-refractivity contribution in [3.05, 3.63) is 54.6 Å². The highest BCUT2D eigenvalue weighted by molar-refractivity contribution is 8.02. The van der Waals surface area contributed by atoms with Crippen molar-refractivity contribution in [2.45, 2.75) is 23.5 Å². The third-order valence-corrected chi connectivity index (χ3v) is 5.62. The van der Waals surface area contributed by atoms with E-state index < -0.39 is 4.75 Å². The Morgan fingerprint density at radius 1 is 1.12 bits per heavy atom. The number of para-hydroxylation sites is 2. The van der Waals surface area contributed by atoms with Crippen LogP contribution in [0.15, 0.2) is 59.5 Å². The van der Waals surface area contributed by atoms with Gasteiger partial charge in [-0.25, -0.2) is 0 Å². The van der Waals surface area contributed by atoms with E-state index in [1.54, 1.807) is 23.8 Å². The lowest BCUT2D eigenvalue weighted by Crippen LogP contribution is -2.56. The van der Waals surface area contributed by atoms with Crippen LogP contribution in [0.4, 0.5) is 11.4 Å². The molecule has 0 bridgehead atoms. The van der Waals surface area contributed by atoms with E-state index in [4.69, 9.17) is 0 Å². The van der Waals surface area contributed by atoms with Crippen molar-refractivity contribution in [2.24, 2.45) is 0 Å². The van der Waals surface area contributed by atoms with Crippen LogP contribution in [0.25, 0.3) is 0 Å². The Labute approximate surface area is 146 Å². The van der Waals surface area contributed by atoms with Gasteiger partial charge in [0.1, 0.15) is 0 Å². The fraction of sp³-hybridized carbons (Fsp3) is 0.263. The molecule has 4 nitrogen and oxygen atoms in total. The Balaban J connectivity index is 2.00. The Bertz CT molecular complexity index is 778. The summed E-state index contributed by atoms with van der Waals surface area (Å²) in [6.07, 6.45) is 0. The van der Waals surface area contributed by atoms with Gasteiger partial charge in [-0.15, -0.1) is 0 Å². The molecule has 24 heavy (non-hydrogen) atoms. The number of amides is 2. The number of anilines is 2. The molecule has 1 atom stereocenters. The first-order valence-electron chi connectivity index (χ1n) is 7.92. The van der Waals surface area contributed by atoms with Gasteiger partial charge in [0, 0.05) is 24.2 Å². The van der Waals surface area contributed by atoms with Gasteiger partial charge in [-0.05, 0) is 38.1 Å². The molecule has 0 aliphatic carbocycles. The second-order valence-electron chi connectivity index (χ2n) is 5.85. The van der Waals surface area contributed by atoms with E-state index >= 15 is 0 Å². The van der Waals surface area contributed by atoms with E-state index in [-0.39, 0.29) is 11.8 Å². The molecule has 0 radical (unpaired) electrons. The van der Waals surface area contributed by atoms with E-state index in [2.05, 4.69) is 0 Å². The number of fused-ring (bicyclic) bond motifs is 1. The maximum absolute atomic E-state index is 13.2. The van der Waals surface area contributed by atoms with Crippen molar-refractivity contribution in [1.29, 1.82) is 0 Å². The molecule has 3 rings (SSSR count). The van der Waals surface area contributed by atoms with Crippen molar-refractivity contribution < 1.29 is 9.59 Å². The van der Waals surface area contributed by atoms with Crippen LogP contribution in [0.2, 0.25) is 0 Å². The zero-order valence-corrected chi connectivity index (χ0v) is 14.8. The molecule has 5 heteroatoms. The van der Waals surface area contributed by atoms with E-state index in [1.807, 2.05) is 61.5 Å². The lowest BCUT2D eigenvalue weighted by molar-refractivity contribution is -0.129. The molecule has 1 aliphatic heterocycles. The molecular weight excluding hydrogens is 320 g/mol. The zero-order valence-electron chi connectivity index (χ0n) is 14.0. The van der Waals surface area contributed by atoms with Crippen molar-refractivity contribution in [2.75, 3.05) is 23.4 Å². The van der Waals surface area contributed by atoms with Gasteiger partial charge in [-0.3, -0.25) is 9.59 Å². The summed E-state index contributed by atoms with van der Waals surface area (Å²) >= 11 is 1.34. The largest absolute Gasteiger partial charge is 0.314 e. The molecule has 2 amide bonds. The van der Waals surface area contributed by atoms with Crippen LogP contribution in [0.1, 0.15) is 13.8 Å². The summed E-state index contributed by atoms with van der Waals surface area (Å²) in [6, 6.07) is 17.1. The van der Waals surface area contributed by atoms with Gasteiger partial charge in [0.25, 0.3) is 11.8 Å². The fourth-order valence-corrected chi connectivity index (χ4v) is 4.23. The Hall–Kier alpha value is -2.27. The summed E-state index contributed by atoms with van der Waals surface area (Å²) in [4.78, 5) is 30.4. The van der Waals surface area contributed by atoms with E-state index in [0.717, 1.165) is 16.3 Å². The predicted octanol–water partition coefficient (Wildman–Crippen LogP) is 3.57. The second-order valence-corrected chi connectivity index (χ2v) is 7.31. The normalized spacial score (nSPS) is 19.8. The van der Waals surface area contributed by atoms with Crippen LogP contribution >= 0.6 is 11.8 Å². The van der Waals surface area contributed by atoms with Crippen LogP contribution in [0, 0.1) is 0 Å². The van der Waals surface area contributed by atoms with Crippen molar-refractivity contribution in [3.63, 3.8) is 0 Å². The highest BCUT2D eigenvalue weighted by Crippen LogP contribution is 2.46. The molecule has 0 aromatic heterocycles. The molecule has 2 aromatic rings. The Kier molecular flexibility index (Phi) is 4.37. The van der Waals surface area contributed by atoms with Crippen molar-refractivity contribution in [3.8, 4) is 0 Å². The van der Waals surface area contributed by atoms with Gasteiger partial charge in [0.05, 0.1) is 5.69 Å². The number of benzene rings is 2. The molecule has 1 aliphatic rings. The maximum Gasteiger partial charge on any atom is 0.252 e. The number of hydrogen-bond donors (Lipinski definition) is 0.